The molecule has 2 rings (SSSR count). The van der Waals surface area contributed by atoms with Gasteiger partial charge in [0.2, 0.25) is 0 Å². The van der Waals surface area contributed by atoms with Gasteiger partial charge in [-0.05, 0) is 42.8 Å². The molecule has 0 spiro atoms. The summed E-state index contributed by atoms with van der Waals surface area (Å²) in [7, 11) is 1.50. The fourth-order valence-corrected chi connectivity index (χ4v) is 2.51. The lowest BCUT2D eigenvalue weighted by molar-refractivity contribution is 0.223. The van der Waals surface area contributed by atoms with E-state index in [9.17, 15) is 10.2 Å². The molecule has 0 aliphatic heterocycles. The van der Waals surface area contributed by atoms with E-state index in [4.69, 9.17) is 4.74 Å². The normalized spacial score (nSPS) is 13.5. The van der Waals surface area contributed by atoms with Gasteiger partial charge >= 0.3 is 0 Å². The van der Waals surface area contributed by atoms with Crippen LogP contribution in [0.25, 0.3) is 0 Å². The van der Waals surface area contributed by atoms with E-state index in [1.54, 1.807) is 18.2 Å². The summed E-state index contributed by atoms with van der Waals surface area (Å²) in [4.78, 5) is 0. The smallest absolute Gasteiger partial charge is 0.160 e. The maximum atomic E-state index is 9.82. The molecule has 0 amide bonds. The van der Waals surface area contributed by atoms with Gasteiger partial charge in [0.1, 0.15) is 0 Å². The van der Waals surface area contributed by atoms with Gasteiger partial charge < -0.3 is 20.3 Å². The highest BCUT2D eigenvalue weighted by Gasteiger charge is 2.26. The number of aliphatic hydroxyl groups is 1. The first kappa shape index (κ1) is 15.7. The molecule has 0 aliphatic rings. The maximum Gasteiger partial charge on any atom is 0.160 e. The maximum absolute atomic E-state index is 9.82. The summed E-state index contributed by atoms with van der Waals surface area (Å²) < 4.78 is 6.08. The van der Waals surface area contributed by atoms with Crippen LogP contribution in [0.3, 0.4) is 0 Å². The zero-order chi connectivity index (χ0) is 15.5. The molecule has 0 radical (unpaired) electrons. The van der Waals surface area contributed by atoms with Crippen LogP contribution in [0, 0.1) is 0 Å². The molecule has 5 heteroatoms. The first-order valence-electron chi connectivity index (χ1n) is 6.50. The number of hydrogen-bond donors (Lipinski definition) is 3. The van der Waals surface area contributed by atoms with E-state index in [0.717, 1.165) is 15.7 Å². The minimum Gasteiger partial charge on any atom is -0.504 e. The Morgan fingerprint density at radius 1 is 1.24 bits per heavy atom. The summed E-state index contributed by atoms with van der Waals surface area (Å²) in [6, 6.07) is 12.8. The second-order valence-electron chi connectivity index (χ2n) is 5.01. The number of nitrogens with one attached hydrogen (secondary N) is 1. The largest absolute Gasteiger partial charge is 0.504 e. The van der Waals surface area contributed by atoms with Gasteiger partial charge in [-0.3, -0.25) is 0 Å². The van der Waals surface area contributed by atoms with E-state index < -0.39 is 5.54 Å². The van der Waals surface area contributed by atoms with Crippen LogP contribution < -0.4 is 10.1 Å². The van der Waals surface area contributed by atoms with Crippen molar-refractivity contribution in [1.29, 1.82) is 0 Å². The molecule has 2 aromatic rings. The fraction of sp³-hybridized carbons (Fsp3) is 0.250. The van der Waals surface area contributed by atoms with E-state index in [-0.39, 0.29) is 12.4 Å². The topological polar surface area (TPSA) is 61.7 Å². The van der Waals surface area contributed by atoms with Crippen molar-refractivity contribution in [3.8, 4) is 11.5 Å². The number of ether oxygens (including phenoxy) is 1. The first-order chi connectivity index (χ1) is 9.98. The number of hydrogen-bond acceptors (Lipinski definition) is 4. The van der Waals surface area contributed by atoms with Crippen molar-refractivity contribution < 1.29 is 14.9 Å². The lowest BCUT2D eigenvalue weighted by Crippen LogP contribution is -2.35. The molecule has 21 heavy (non-hydrogen) atoms. The van der Waals surface area contributed by atoms with Crippen molar-refractivity contribution in [2.75, 3.05) is 19.0 Å². The van der Waals surface area contributed by atoms with Crippen molar-refractivity contribution in [3.05, 3.63) is 52.5 Å². The Kier molecular flexibility index (Phi) is 4.75. The minimum atomic E-state index is -0.693. The van der Waals surface area contributed by atoms with Crippen molar-refractivity contribution in [2.45, 2.75) is 12.5 Å². The van der Waals surface area contributed by atoms with Crippen molar-refractivity contribution in [1.82, 2.24) is 0 Å². The zero-order valence-electron chi connectivity index (χ0n) is 11.9. The number of aliphatic hydroxyl groups excluding tert-OH is 1. The summed E-state index contributed by atoms with van der Waals surface area (Å²) in [6.07, 6.45) is 0. The summed E-state index contributed by atoms with van der Waals surface area (Å²) in [5.41, 5.74) is 1.01. The summed E-state index contributed by atoms with van der Waals surface area (Å²) in [6.45, 7) is 1.78. The highest BCUT2D eigenvalue weighted by molar-refractivity contribution is 9.10. The van der Waals surface area contributed by atoms with Gasteiger partial charge in [-0.1, -0.05) is 28.1 Å². The molecule has 4 nitrogen and oxygen atoms in total. The lowest BCUT2D eigenvalue weighted by atomic mass is 9.92. The predicted molar refractivity (Wildman–Crippen MR) is 86.9 cm³/mol. The average molecular weight is 352 g/mol. The van der Waals surface area contributed by atoms with E-state index in [0.29, 0.717) is 5.75 Å². The number of aromatic hydroxyl groups is 1. The highest BCUT2D eigenvalue weighted by Crippen LogP contribution is 2.33. The van der Waals surface area contributed by atoms with E-state index in [2.05, 4.69) is 21.2 Å². The van der Waals surface area contributed by atoms with E-state index in [1.807, 2.05) is 31.2 Å². The molecule has 0 aromatic heterocycles. The third kappa shape index (κ3) is 3.49. The van der Waals surface area contributed by atoms with Crippen molar-refractivity contribution in [3.63, 3.8) is 0 Å². The van der Waals surface area contributed by atoms with E-state index in [1.165, 1.54) is 7.11 Å². The van der Waals surface area contributed by atoms with Gasteiger partial charge in [0.05, 0.1) is 19.3 Å². The van der Waals surface area contributed by atoms with Gasteiger partial charge in [0, 0.05) is 10.2 Å². The Bertz CT molecular complexity index is 633. The standard InChI is InChI=1S/C16H18BrNO3/c1-16(10-19,18-13-5-3-4-12(17)9-13)11-6-7-14(20)15(8-11)21-2/h3-9,18-20H,10H2,1-2H3. The van der Waals surface area contributed by atoms with Crippen LogP contribution in [0.5, 0.6) is 11.5 Å². The monoisotopic (exact) mass is 351 g/mol. The number of halogens is 1. The Morgan fingerprint density at radius 3 is 2.62 bits per heavy atom. The highest BCUT2D eigenvalue weighted by atomic mass is 79.9. The Balaban J connectivity index is 2.36. The number of phenols is 1. The SMILES string of the molecule is COc1cc(C(C)(CO)Nc2cccc(Br)c2)ccc1O. The Hall–Kier alpha value is -1.72. The summed E-state index contributed by atoms with van der Waals surface area (Å²) in [5.74, 6) is 0.451. The quantitative estimate of drug-likeness (QED) is 0.771. The van der Waals surface area contributed by atoms with Crippen LogP contribution in [0.4, 0.5) is 5.69 Å². The molecule has 0 saturated heterocycles. The van der Waals surface area contributed by atoms with Gasteiger partial charge in [0.15, 0.2) is 11.5 Å². The van der Waals surface area contributed by atoms with Crippen LogP contribution in [0.1, 0.15) is 12.5 Å². The summed E-state index contributed by atoms with van der Waals surface area (Å²) in [5, 5.41) is 22.8. The molecule has 0 bridgehead atoms. The number of anilines is 1. The van der Waals surface area contributed by atoms with Crippen molar-refractivity contribution in [2.24, 2.45) is 0 Å². The molecule has 3 N–H and O–H groups in total. The lowest BCUT2D eigenvalue weighted by Gasteiger charge is -2.31. The molecule has 2 aromatic carbocycles. The van der Waals surface area contributed by atoms with Crippen LogP contribution >= 0.6 is 15.9 Å². The molecule has 1 atom stereocenters. The average Bonchev–Trinajstić information content (AvgIpc) is 2.47. The second-order valence-corrected chi connectivity index (χ2v) is 5.93. The van der Waals surface area contributed by atoms with Crippen LogP contribution in [-0.2, 0) is 5.54 Å². The molecular formula is C16H18BrNO3. The molecular weight excluding hydrogens is 334 g/mol. The predicted octanol–water partition coefficient (Wildman–Crippen LogP) is 3.48. The van der Waals surface area contributed by atoms with Crippen LogP contribution in [0.15, 0.2) is 46.9 Å². The number of rotatable bonds is 5. The van der Waals surface area contributed by atoms with Gasteiger partial charge in [-0.2, -0.15) is 0 Å². The van der Waals surface area contributed by atoms with Crippen LogP contribution in [-0.4, -0.2) is 23.9 Å². The Morgan fingerprint density at radius 2 is 2.00 bits per heavy atom. The Labute approximate surface area is 132 Å². The second kappa shape index (κ2) is 6.37. The molecule has 1 unspecified atom stereocenters. The molecule has 0 heterocycles. The van der Waals surface area contributed by atoms with Gasteiger partial charge in [-0.25, -0.2) is 0 Å². The number of phenolic OH excluding ortho intramolecular Hbond substituents is 1. The van der Waals surface area contributed by atoms with Crippen LogP contribution in [0.2, 0.25) is 0 Å². The third-order valence-electron chi connectivity index (χ3n) is 3.38. The van der Waals surface area contributed by atoms with E-state index >= 15 is 0 Å². The fourth-order valence-electron chi connectivity index (χ4n) is 2.11. The first-order valence-corrected chi connectivity index (χ1v) is 7.30. The summed E-state index contributed by atoms with van der Waals surface area (Å²) >= 11 is 3.42. The molecule has 0 fully saturated rings. The van der Waals surface area contributed by atoms with Gasteiger partial charge in [0.25, 0.3) is 0 Å². The zero-order valence-corrected chi connectivity index (χ0v) is 13.5. The molecule has 0 saturated carbocycles. The number of methoxy groups -OCH3 is 1. The number of benzene rings is 2. The minimum absolute atomic E-state index is 0.0731. The van der Waals surface area contributed by atoms with Gasteiger partial charge in [-0.15, -0.1) is 0 Å². The third-order valence-corrected chi connectivity index (χ3v) is 3.87. The van der Waals surface area contributed by atoms with Crippen molar-refractivity contribution >= 4 is 21.6 Å². The molecule has 112 valence electrons. The molecule has 0 aliphatic carbocycles.